The fourth-order valence-electron chi connectivity index (χ4n) is 2.14. The molecule has 0 spiro atoms. The van der Waals surface area contributed by atoms with Crippen LogP contribution in [0.25, 0.3) is 10.7 Å². The first-order valence-corrected chi connectivity index (χ1v) is 8.98. The molecular weight excluding hydrogens is 362 g/mol. The fourth-order valence-corrected chi connectivity index (χ4v) is 2.97. The van der Waals surface area contributed by atoms with E-state index in [1.54, 1.807) is 24.3 Å². The van der Waals surface area contributed by atoms with E-state index in [2.05, 4.69) is 15.5 Å². The molecule has 0 radical (unpaired) electrons. The summed E-state index contributed by atoms with van der Waals surface area (Å²) in [7, 11) is 0. The van der Waals surface area contributed by atoms with Crippen molar-refractivity contribution in [3.05, 3.63) is 52.7 Å². The molecule has 8 heteroatoms. The van der Waals surface area contributed by atoms with Crippen LogP contribution in [0.3, 0.4) is 0 Å². The Bertz CT molecular complexity index is 835. The van der Waals surface area contributed by atoms with E-state index in [0.29, 0.717) is 28.9 Å². The minimum Gasteiger partial charge on any atom is -0.481 e. The summed E-state index contributed by atoms with van der Waals surface area (Å²) in [6.45, 7) is 2.02. The third-order valence-corrected chi connectivity index (χ3v) is 4.46. The van der Waals surface area contributed by atoms with Crippen LogP contribution in [0.1, 0.15) is 19.2 Å². The number of amides is 1. The average molecular weight is 378 g/mol. The molecule has 0 saturated carbocycles. The lowest BCUT2D eigenvalue weighted by Gasteiger charge is -2.16. The lowest BCUT2D eigenvalue weighted by Crippen LogP contribution is -2.37. The Labute approximate surface area is 153 Å². The van der Waals surface area contributed by atoms with Gasteiger partial charge in [-0.05, 0) is 36.1 Å². The maximum atomic E-state index is 12.3. The number of ether oxygens (including phenoxy) is 1. The number of benzene rings is 1. The molecule has 130 valence electrons. The number of thiophene rings is 1. The number of halogens is 1. The molecule has 0 aliphatic rings. The van der Waals surface area contributed by atoms with Crippen LogP contribution < -0.4 is 10.1 Å². The second-order valence-electron chi connectivity index (χ2n) is 5.18. The summed E-state index contributed by atoms with van der Waals surface area (Å²) < 4.78 is 10.9. The molecule has 1 aromatic carbocycles. The van der Waals surface area contributed by atoms with Gasteiger partial charge in [-0.3, -0.25) is 4.79 Å². The lowest BCUT2D eigenvalue weighted by atomic mass is 10.2. The Kier molecular flexibility index (Phi) is 5.67. The molecule has 0 unspecified atom stereocenters. The summed E-state index contributed by atoms with van der Waals surface area (Å²) in [5.41, 5.74) is 0. The van der Waals surface area contributed by atoms with Crippen molar-refractivity contribution in [2.75, 3.05) is 0 Å². The van der Waals surface area contributed by atoms with Gasteiger partial charge in [0.05, 0.1) is 11.4 Å². The van der Waals surface area contributed by atoms with Crippen LogP contribution >= 0.6 is 22.9 Å². The van der Waals surface area contributed by atoms with E-state index in [-0.39, 0.29) is 12.5 Å². The predicted octanol–water partition coefficient (Wildman–Crippen LogP) is 3.93. The average Bonchev–Trinajstić information content (AvgIpc) is 3.28. The molecule has 1 amide bonds. The van der Waals surface area contributed by atoms with E-state index >= 15 is 0 Å². The molecule has 6 nitrogen and oxygen atoms in total. The molecule has 25 heavy (non-hydrogen) atoms. The minimum atomic E-state index is -0.627. The lowest BCUT2D eigenvalue weighted by molar-refractivity contribution is -0.128. The van der Waals surface area contributed by atoms with Crippen molar-refractivity contribution in [3.63, 3.8) is 0 Å². The van der Waals surface area contributed by atoms with Crippen LogP contribution in [0.5, 0.6) is 5.75 Å². The molecule has 0 aliphatic heterocycles. The summed E-state index contributed by atoms with van der Waals surface area (Å²) in [5.74, 6) is 1.15. The van der Waals surface area contributed by atoms with Crippen molar-refractivity contribution in [2.45, 2.75) is 26.0 Å². The number of nitrogens with one attached hydrogen (secondary N) is 1. The van der Waals surface area contributed by atoms with E-state index < -0.39 is 6.10 Å². The van der Waals surface area contributed by atoms with E-state index in [9.17, 15) is 4.79 Å². The number of carbonyl (C=O) groups is 1. The monoisotopic (exact) mass is 377 g/mol. The first kappa shape index (κ1) is 17.4. The van der Waals surface area contributed by atoms with Gasteiger partial charge in [0.2, 0.25) is 11.7 Å². The summed E-state index contributed by atoms with van der Waals surface area (Å²) in [5, 5.41) is 9.15. The molecule has 1 atom stereocenters. The summed E-state index contributed by atoms with van der Waals surface area (Å²) in [6.07, 6.45) is -0.110. The zero-order valence-electron chi connectivity index (χ0n) is 13.4. The largest absolute Gasteiger partial charge is 0.481 e. The van der Waals surface area contributed by atoms with E-state index in [0.717, 1.165) is 4.88 Å². The maximum Gasteiger partial charge on any atom is 0.261 e. The van der Waals surface area contributed by atoms with Crippen molar-refractivity contribution < 1.29 is 14.1 Å². The molecule has 0 bridgehead atoms. The third kappa shape index (κ3) is 4.58. The fraction of sp³-hybridized carbons (Fsp3) is 0.235. The van der Waals surface area contributed by atoms with E-state index in [1.807, 2.05) is 24.4 Å². The summed E-state index contributed by atoms with van der Waals surface area (Å²) in [6, 6.07) is 10.8. The minimum absolute atomic E-state index is 0.145. The molecule has 2 heterocycles. The highest BCUT2D eigenvalue weighted by molar-refractivity contribution is 7.13. The normalized spacial score (nSPS) is 11.9. The smallest absolute Gasteiger partial charge is 0.261 e. The molecule has 0 aliphatic carbocycles. The first-order chi connectivity index (χ1) is 12.2. The first-order valence-electron chi connectivity index (χ1n) is 7.72. The number of rotatable bonds is 7. The summed E-state index contributed by atoms with van der Waals surface area (Å²) in [4.78, 5) is 17.5. The predicted molar refractivity (Wildman–Crippen MR) is 95.6 cm³/mol. The number of carbonyl (C=O) groups excluding carboxylic acids is 1. The van der Waals surface area contributed by atoms with Crippen LogP contribution in [0.4, 0.5) is 0 Å². The van der Waals surface area contributed by atoms with Crippen molar-refractivity contribution >= 4 is 28.8 Å². The molecule has 0 fully saturated rings. The molecule has 3 aromatic rings. The Balaban J connectivity index is 1.57. The van der Waals surface area contributed by atoms with Crippen LogP contribution in [0, 0.1) is 0 Å². The highest BCUT2D eigenvalue weighted by Gasteiger charge is 2.19. The second kappa shape index (κ2) is 8.13. The Hall–Kier alpha value is -2.38. The van der Waals surface area contributed by atoms with Gasteiger partial charge < -0.3 is 14.6 Å². The van der Waals surface area contributed by atoms with Crippen molar-refractivity contribution in [2.24, 2.45) is 0 Å². The van der Waals surface area contributed by atoms with Crippen LogP contribution in [0.15, 0.2) is 46.3 Å². The summed E-state index contributed by atoms with van der Waals surface area (Å²) >= 11 is 7.45. The molecule has 2 aromatic heterocycles. The van der Waals surface area contributed by atoms with Crippen molar-refractivity contribution in [1.29, 1.82) is 0 Å². The van der Waals surface area contributed by atoms with Gasteiger partial charge in [-0.25, -0.2) is 0 Å². The third-order valence-electron chi connectivity index (χ3n) is 3.36. The van der Waals surface area contributed by atoms with E-state index in [1.165, 1.54) is 11.3 Å². The number of hydrogen-bond donors (Lipinski definition) is 1. The van der Waals surface area contributed by atoms with Gasteiger partial charge in [0.15, 0.2) is 6.10 Å². The number of nitrogens with zero attached hydrogens (tertiary/aromatic N) is 2. The number of aromatic nitrogens is 2. The highest BCUT2D eigenvalue weighted by Crippen LogP contribution is 2.21. The van der Waals surface area contributed by atoms with Crippen LogP contribution in [-0.4, -0.2) is 22.2 Å². The molecular formula is C17H16ClN3O3S. The Morgan fingerprint density at radius 2 is 2.28 bits per heavy atom. The Morgan fingerprint density at radius 1 is 1.40 bits per heavy atom. The van der Waals surface area contributed by atoms with Gasteiger partial charge in [0.25, 0.3) is 5.91 Å². The van der Waals surface area contributed by atoms with Crippen LogP contribution in [0.2, 0.25) is 5.02 Å². The van der Waals surface area contributed by atoms with Crippen LogP contribution in [-0.2, 0) is 11.3 Å². The molecule has 3 rings (SSSR count). The van der Waals surface area contributed by atoms with Gasteiger partial charge in [-0.2, -0.15) is 4.98 Å². The van der Waals surface area contributed by atoms with Gasteiger partial charge in [0.1, 0.15) is 5.75 Å². The topological polar surface area (TPSA) is 77.2 Å². The second-order valence-corrected chi connectivity index (χ2v) is 6.56. The van der Waals surface area contributed by atoms with Crippen molar-refractivity contribution in [1.82, 2.24) is 15.5 Å². The van der Waals surface area contributed by atoms with E-state index in [4.69, 9.17) is 20.9 Å². The number of hydrogen-bond acceptors (Lipinski definition) is 6. The highest BCUT2D eigenvalue weighted by atomic mass is 35.5. The molecule has 1 N–H and O–H groups in total. The molecule has 0 saturated heterocycles. The van der Waals surface area contributed by atoms with Gasteiger partial charge in [-0.1, -0.05) is 35.8 Å². The zero-order chi connectivity index (χ0) is 17.6. The van der Waals surface area contributed by atoms with Gasteiger partial charge in [-0.15, -0.1) is 11.3 Å². The van der Waals surface area contributed by atoms with Gasteiger partial charge >= 0.3 is 0 Å². The SMILES string of the molecule is CC[C@H](Oc1cccc(Cl)c1)C(=O)NCc1nc(-c2cccs2)no1. The maximum absolute atomic E-state index is 12.3. The zero-order valence-corrected chi connectivity index (χ0v) is 15.0. The quantitative estimate of drug-likeness (QED) is 0.675. The Morgan fingerprint density at radius 3 is 3.00 bits per heavy atom. The van der Waals surface area contributed by atoms with Crippen molar-refractivity contribution in [3.8, 4) is 16.5 Å². The standard InChI is InChI=1S/C17H16ClN3O3S/c1-2-13(23-12-6-3-5-11(18)9-12)17(22)19-10-15-20-16(21-24-15)14-7-4-8-25-14/h3-9,13H,2,10H2,1H3,(H,19,22)/t13-/m0/s1. The van der Waals surface area contributed by atoms with Gasteiger partial charge in [0, 0.05) is 5.02 Å².